The minimum absolute atomic E-state index is 0.0540. The molecule has 1 atom stereocenters. The van der Waals surface area contributed by atoms with E-state index in [1.165, 1.54) is 17.8 Å². The highest BCUT2D eigenvalue weighted by atomic mass is 19.4. The van der Waals surface area contributed by atoms with E-state index in [9.17, 15) is 27.9 Å². The van der Waals surface area contributed by atoms with Gasteiger partial charge in [0, 0.05) is 16.9 Å². The quantitative estimate of drug-likeness (QED) is 0.0956. The second-order valence-corrected chi connectivity index (χ2v) is 13.4. The molecule has 0 spiro atoms. The monoisotopic (exact) mass is 633 g/mol. The summed E-state index contributed by atoms with van der Waals surface area (Å²) < 4.78 is 40.3. The van der Waals surface area contributed by atoms with Gasteiger partial charge in [0.25, 0.3) is 0 Å². The third kappa shape index (κ3) is 6.93. The van der Waals surface area contributed by atoms with Crippen LogP contribution in [0.5, 0.6) is 5.75 Å². The van der Waals surface area contributed by atoms with Crippen LogP contribution in [0.15, 0.2) is 66.7 Å². The molecule has 1 aromatic heterocycles. The molecule has 0 saturated heterocycles. The number of alkyl halides is 3. The third-order valence-corrected chi connectivity index (χ3v) is 8.99. The molecule has 3 aromatic carbocycles. The fourth-order valence-corrected chi connectivity index (χ4v) is 5.71. The predicted octanol–water partition coefficient (Wildman–Crippen LogP) is 9.15. The number of unbranched alkanes of at least 4 members (excludes halogenated alkanes) is 2. The molecule has 6 nitrogen and oxygen atoms in total. The SMILES string of the molecule is C=C(C)C(=O)C(=O)C(C)c1cccc(C(C)(C)c2cc(C(C)(C)CCCCC)cc(-n3nc4ccc(C(F)(F)F)cc4n3)c2O)c1. The van der Waals surface area contributed by atoms with Gasteiger partial charge in [-0.3, -0.25) is 9.59 Å². The first-order valence-corrected chi connectivity index (χ1v) is 15.6. The van der Waals surface area contributed by atoms with Crippen molar-refractivity contribution in [2.24, 2.45) is 0 Å². The minimum Gasteiger partial charge on any atom is -0.505 e. The van der Waals surface area contributed by atoms with Crippen LogP contribution in [0, 0.1) is 0 Å². The molecule has 0 aliphatic heterocycles. The van der Waals surface area contributed by atoms with Crippen LogP contribution in [0.4, 0.5) is 13.2 Å². The summed E-state index contributed by atoms with van der Waals surface area (Å²) in [7, 11) is 0. The molecule has 46 heavy (non-hydrogen) atoms. The predicted molar refractivity (Wildman–Crippen MR) is 175 cm³/mol. The number of fused-ring (bicyclic) bond motifs is 1. The van der Waals surface area contributed by atoms with Gasteiger partial charge in [0.15, 0.2) is 0 Å². The van der Waals surface area contributed by atoms with Crippen molar-refractivity contribution >= 4 is 22.6 Å². The Hall–Kier alpha value is -4.27. The first-order valence-electron chi connectivity index (χ1n) is 15.6. The smallest absolute Gasteiger partial charge is 0.416 e. The normalized spacial score (nSPS) is 13.2. The molecule has 1 N–H and O–H groups in total. The number of rotatable bonds is 12. The van der Waals surface area contributed by atoms with Crippen LogP contribution in [0.3, 0.4) is 0 Å². The Kier molecular flexibility index (Phi) is 9.67. The highest BCUT2D eigenvalue weighted by Gasteiger charge is 2.34. The van der Waals surface area contributed by atoms with Crippen LogP contribution in [-0.4, -0.2) is 31.7 Å². The van der Waals surface area contributed by atoms with Crippen LogP contribution in [-0.2, 0) is 26.6 Å². The zero-order valence-corrected chi connectivity index (χ0v) is 27.5. The van der Waals surface area contributed by atoms with E-state index in [0.717, 1.165) is 48.9 Å². The maximum Gasteiger partial charge on any atom is 0.416 e. The van der Waals surface area contributed by atoms with E-state index in [0.29, 0.717) is 11.1 Å². The number of nitrogens with zero attached hydrogens (tertiary/aromatic N) is 3. The van der Waals surface area contributed by atoms with Crippen LogP contribution in [0.1, 0.15) is 108 Å². The lowest BCUT2D eigenvalue weighted by molar-refractivity contribution is -0.137. The van der Waals surface area contributed by atoms with Crippen molar-refractivity contribution in [3.8, 4) is 11.4 Å². The Morgan fingerprint density at radius 1 is 0.913 bits per heavy atom. The molecule has 244 valence electrons. The molecule has 9 heteroatoms. The van der Waals surface area contributed by atoms with Crippen molar-refractivity contribution in [3.05, 3.63) is 94.6 Å². The maximum atomic E-state index is 13.4. The summed E-state index contributed by atoms with van der Waals surface area (Å²) in [6.07, 6.45) is -0.528. The van der Waals surface area contributed by atoms with Gasteiger partial charge in [-0.05, 0) is 65.3 Å². The Bertz CT molecular complexity index is 1800. The lowest BCUT2D eigenvalue weighted by Gasteiger charge is -2.32. The highest BCUT2D eigenvalue weighted by Crippen LogP contribution is 2.44. The Balaban J connectivity index is 1.89. The van der Waals surface area contributed by atoms with Gasteiger partial charge in [-0.25, -0.2) is 0 Å². The topological polar surface area (TPSA) is 85.1 Å². The van der Waals surface area contributed by atoms with Crippen LogP contribution >= 0.6 is 0 Å². The van der Waals surface area contributed by atoms with Crippen molar-refractivity contribution < 1.29 is 27.9 Å². The first-order chi connectivity index (χ1) is 21.4. The van der Waals surface area contributed by atoms with E-state index < -0.39 is 34.6 Å². The molecule has 1 heterocycles. The fraction of sp³-hybridized carbons (Fsp3) is 0.405. The number of Topliss-reactive ketones (excluding diaryl/α,β-unsaturated/α-hetero) is 2. The van der Waals surface area contributed by atoms with Gasteiger partial charge in [0.05, 0.1) is 5.56 Å². The van der Waals surface area contributed by atoms with Crippen molar-refractivity contribution in [3.63, 3.8) is 0 Å². The van der Waals surface area contributed by atoms with Gasteiger partial charge in [-0.15, -0.1) is 15.0 Å². The summed E-state index contributed by atoms with van der Waals surface area (Å²) in [6.45, 7) is 17.1. The zero-order valence-electron chi connectivity index (χ0n) is 27.5. The minimum atomic E-state index is -4.53. The van der Waals surface area contributed by atoms with Crippen molar-refractivity contribution in [2.75, 3.05) is 0 Å². The number of allylic oxidation sites excluding steroid dienone is 1. The number of phenolic OH excluding ortho intramolecular Hbond substituents is 1. The van der Waals surface area contributed by atoms with Crippen molar-refractivity contribution in [2.45, 2.75) is 97.1 Å². The number of carbonyl (C=O) groups excluding carboxylic acids is 2. The summed E-state index contributed by atoms with van der Waals surface area (Å²) in [6, 6.07) is 14.3. The Morgan fingerprint density at radius 2 is 1.59 bits per heavy atom. The summed E-state index contributed by atoms with van der Waals surface area (Å²) in [5.74, 6) is -1.97. The second kappa shape index (κ2) is 12.9. The van der Waals surface area contributed by atoms with E-state index >= 15 is 0 Å². The summed E-state index contributed by atoms with van der Waals surface area (Å²) in [4.78, 5) is 26.4. The van der Waals surface area contributed by atoms with Gasteiger partial charge in [-0.1, -0.05) is 97.7 Å². The molecule has 0 bridgehead atoms. The standard InChI is InChI=1S/C37H42F3N3O3/c1-9-10-11-17-35(5,6)27-19-28(36(7,8)25-14-12-13-24(18-25)23(4)33(45)32(44)22(2)3)34(46)31(21-27)43-41-29-16-15-26(37(38,39)40)20-30(29)42-43/h12-16,18-21,23,46H,2,9-11,17H2,1,3-8H3. The number of phenols is 1. The van der Waals surface area contributed by atoms with Crippen LogP contribution in [0.25, 0.3) is 16.7 Å². The van der Waals surface area contributed by atoms with Gasteiger partial charge < -0.3 is 5.11 Å². The average Bonchev–Trinajstić information content (AvgIpc) is 3.43. The highest BCUT2D eigenvalue weighted by molar-refractivity contribution is 6.44. The molecule has 0 amide bonds. The number of aromatic hydroxyl groups is 1. The lowest BCUT2D eigenvalue weighted by Crippen LogP contribution is -2.24. The van der Waals surface area contributed by atoms with E-state index in [4.69, 9.17) is 0 Å². The van der Waals surface area contributed by atoms with Crippen LogP contribution in [0.2, 0.25) is 0 Å². The van der Waals surface area contributed by atoms with Crippen LogP contribution < -0.4 is 0 Å². The van der Waals surface area contributed by atoms with E-state index in [1.54, 1.807) is 13.0 Å². The molecular weight excluding hydrogens is 591 g/mol. The number of hydrogen-bond acceptors (Lipinski definition) is 5. The largest absolute Gasteiger partial charge is 0.505 e. The lowest BCUT2D eigenvalue weighted by atomic mass is 9.72. The Labute approximate surface area is 268 Å². The van der Waals surface area contributed by atoms with E-state index in [2.05, 4.69) is 37.5 Å². The first kappa shape index (κ1) is 34.6. The number of halogens is 3. The van der Waals surface area contributed by atoms with E-state index in [1.807, 2.05) is 44.2 Å². The molecule has 4 rings (SSSR count). The zero-order chi connectivity index (χ0) is 34.2. The molecule has 0 aliphatic rings. The van der Waals surface area contributed by atoms with Crippen molar-refractivity contribution in [1.82, 2.24) is 15.0 Å². The van der Waals surface area contributed by atoms with Gasteiger partial charge in [0.2, 0.25) is 11.6 Å². The molecular formula is C37H42F3N3O3. The molecule has 0 radical (unpaired) electrons. The number of hydrogen-bond donors (Lipinski definition) is 1. The molecule has 1 unspecified atom stereocenters. The Morgan fingerprint density at radius 3 is 2.22 bits per heavy atom. The number of ketones is 2. The van der Waals surface area contributed by atoms with E-state index in [-0.39, 0.29) is 33.5 Å². The number of benzene rings is 3. The average molecular weight is 634 g/mol. The molecule has 0 saturated carbocycles. The summed E-state index contributed by atoms with van der Waals surface area (Å²) in [5, 5.41) is 20.7. The fourth-order valence-electron chi connectivity index (χ4n) is 5.71. The summed E-state index contributed by atoms with van der Waals surface area (Å²) in [5.41, 5.74) is 1.71. The summed E-state index contributed by atoms with van der Waals surface area (Å²) >= 11 is 0. The van der Waals surface area contributed by atoms with Gasteiger partial charge in [0.1, 0.15) is 22.5 Å². The molecule has 0 fully saturated rings. The molecule has 0 aliphatic carbocycles. The van der Waals surface area contributed by atoms with Crippen molar-refractivity contribution in [1.29, 1.82) is 0 Å². The number of carbonyl (C=O) groups is 2. The third-order valence-electron chi connectivity index (χ3n) is 8.99. The van der Waals surface area contributed by atoms with Gasteiger partial charge in [-0.2, -0.15) is 13.2 Å². The van der Waals surface area contributed by atoms with Gasteiger partial charge >= 0.3 is 6.18 Å². The maximum absolute atomic E-state index is 13.4. The second-order valence-electron chi connectivity index (χ2n) is 13.4. The number of aromatic nitrogens is 3. The molecule has 4 aromatic rings.